The highest BCUT2D eigenvalue weighted by Crippen LogP contribution is 2.17. The van der Waals surface area contributed by atoms with Crippen molar-refractivity contribution in [1.29, 1.82) is 0 Å². The molecule has 0 radical (unpaired) electrons. The summed E-state index contributed by atoms with van der Waals surface area (Å²) < 4.78 is 0. The number of aliphatic hydroxyl groups is 1. The molecule has 2 aromatic rings. The van der Waals surface area contributed by atoms with Crippen molar-refractivity contribution >= 4 is 10.9 Å². The molecular formula is C17H23N3O2. The predicted octanol–water partition coefficient (Wildman–Crippen LogP) is 0.945. The van der Waals surface area contributed by atoms with E-state index < -0.39 is 0 Å². The number of benzene rings is 1. The van der Waals surface area contributed by atoms with Crippen molar-refractivity contribution in [2.24, 2.45) is 0 Å². The second-order valence-corrected chi connectivity index (χ2v) is 6.23. The van der Waals surface area contributed by atoms with Crippen LogP contribution >= 0.6 is 0 Å². The number of likely N-dealkylation sites (N-methyl/N-ethyl adjacent to an activating group) is 1. The van der Waals surface area contributed by atoms with Crippen LogP contribution in [0.25, 0.3) is 10.9 Å². The Labute approximate surface area is 130 Å². The molecule has 2 N–H and O–H groups in total. The number of pyridine rings is 1. The maximum atomic E-state index is 12.4. The van der Waals surface area contributed by atoms with E-state index in [9.17, 15) is 9.90 Å². The van der Waals surface area contributed by atoms with E-state index in [1.807, 2.05) is 31.2 Å². The Balaban J connectivity index is 1.90. The Morgan fingerprint density at radius 3 is 2.95 bits per heavy atom. The summed E-state index contributed by atoms with van der Waals surface area (Å²) in [4.78, 5) is 19.8. The van der Waals surface area contributed by atoms with Crippen molar-refractivity contribution in [3.63, 3.8) is 0 Å². The number of fused-ring (bicyclic) bond motifs is 1. The Morgan fingerprint density at radius 2 is 2.18 bits per heavy atom. The molecule has 0 amide bonds. The van der Waals surface area contributed by atoms with E-state index >= 15 is 0 Å². The summed E-state index contributed by atoms with van der Waals surface area (Å²) >= 11 is 0. The van der Waals surface area contributed by atoms with Gasteiger partial charge < -0.3 is 15.0 Å². The first-order chi connectivity index (χ1) is 10.6. The van der Waals surface area contributed by atoms with Gasteiger partial charge in [0.05, 0.1) is 12.1 Å². The number of rotatable bonds is 3. The van der Waals surface area contributed by atoms with Crippen LogP contribution < -0.4 is 5.56 Å². The lowest BCUT2D eigenvalue weighted by Gasteiger charge is -2.39. The van der Waals surface area contributed by atoms with Crippen LogP contribution in [-0.4, -0.2) is 59.2 Å². The molecule has 5 nitrogen and oxygen atoms in total. The standard InChI is InChI=1S/C17H23N3O2/c1-12-4-3-5-13-8-14(17(22)18-16(12)13)9-20-7-6-19(2)10-15(20)11-21/h3-5,8,15,21H,6-7,9-11H2,1-2H3,(H,18,22). The zero-order valence-electron chi connectivity index (χ0n) is 13.2. The second kappa shape index (κ2) is 6.20. The van der Waals surface area contributed by atoms with Crippen LogP contribution in [0.5, 0.6) is 0 Å². The molecular weight excluding hydrogens is 278 g/mol. The number of hydrogen-bond donors (Lipinski definition) is 2. The number of nitrogens with one attached hydrogen (secondary N) is 1. The van der Waals surface area contributed by atoms with Crippen molar-refractivity contribution in [3.05, 3.63) is 45.7 Å². The number of aliphatic hydroxyl groups excluding tert-OH is 1. The average molecular weight is 301 g/mol. The van der Waals surface area contributed by atoms with Gasteiger partial charge in [-0.3, -0.25) is 9.69 Å². The summed E-state index contributed by atoms with van der Waals surface area (Å²) in [5.41, 5.74) is 2.72. The van der Waals surface area contributed by atoms with Gasteiger partial charge in [0.25, 0.3) is 5.56 Å². The Hall–Kier alpha value is -1.69. The zero-order chi connectivity index (χ0) is 15.7. The van der Waals surface area contributed by atoms with Crippen molar-refractivity contribution in [2.75, 3.05) is 33.3 Å². The summed E-state index contributed by atoms with van der Waals surface area (Å²) in [6, 6.07) is 8.10. The number of aromatic amines is 1. The molecule has 1 saturated heterocycles. The Morgan fingerprint density at radius 1 is 1.36 bits per heavy atom. The monoisotopic (exact) mass is 301 g/mol. The maximum Gasteiger partial charge on any atom is 0.252 e. The predicted molar refractivity (Wildman–Crippen MR) is 88.1 cm³/mol. The average Bonchev–Trinajstić information content (AvgIpc) is 2.50. The van der Waals surface area contributed by atoms with Crippen LogP contribution in [0.15, 0.2) is 29.1 Å². The van der Waals surface area contributed by atoms with Gasteiger partial charge in [-0.05, 0) is 31.0 Å². The summed E-state index contributed by atoms with van der Waals surface area (Å²) in [6.07, 6.45) is 0. The van der Waals surface area contributed by atoms with Crippen molar-refractivity contribution in [3.8, 4) is 0 Å². The van der Waals surface area contributed by atoms with E-state index in [2.05, 4.69) is 21.8 Å². The van der Waals surface area contributed by atoms with Gasteiger partial charge in [-0.1, -0.05) is 18.2 Å². The van der Waals surface area contributed by atoms with Crippen LogP contribution in [0.2, 0.25) is 0 Å². The molecule has 3 rings (SSSR count). The molecule has 1 aliphatic heterocycles. The first-order valence-electron chi connectivity index (χ1n) is 7.73. The molecule has 1 atom stereocenters. The molecule has 5 heteroatoms. The van der Waals surface area contributed by atoms with Gasteiger partial charge in [0.15, 0.2) is 0 Å². The van der Waals surface area contributed by atoms with Crippen molar-refractivity contribution in [2.45, 2.75) is 19.5 Å². The maximum absolute atomic E-state index is 12.4. The molecule has 1 aliphatic rings. The third kappa shape index (κ3) is 2.92. The molecule has 22 heavy (non-hydrogen) atoms. The van der Waals surface area contributed by atoms with Gasteiger partial charge in [0.2, 0.25) is 0 Å². The second-order valence-electron chi connectivity index (χ2n) is 6.23. The van der Waals surface area contributed by atoms with E-state index in [0.717, 1.165) is 41.7 Å². The van der Waals surface area contributed by atoms with Crippen LogP contribution in [0, 0.1) is 6.92 Å². The molecule has 118 valence electrons. The first kappa shape index (κ1) is 15.2. The van der Waals surface area contributed by atoms with Gasteiger partial charge >= 0.3 is 0 Å². The van der Waals surface area contributed by atoms with E-state index in [-0.39, 0.29) is 18.2 Å². The van der Waals surface area contributed by atoms with Crippen LogP contribution in [0.4, 0.5) is 0 Å². The van der Waals surface area contributed by atoms with E-state index in [1.165, 1.54) is 0 Å². The van der Waals surface area contributed by atoms with Gasteiger partial charge in [-0.15, -0.1) is 0 Å². The van der Waals surface area contributed by atoms with Gasteiger partial charge in [-0.25, -0.2) is 0 Å². The lowest BCUT2D eigenvalue weighted by atomic mass is 10.1. The van der Waals surface area contributed by atoms with Crippen LogP contribution in [-0.2, 0) is 6.54 Å². The molecule has 2 heterocycles. The minimum Gasteiger partial charge on any atom is -0.395 e. The highest BCUT2D eigenvalue weighted by atomic mass is 16.3. The Bertz CT molecular complexity index is 725. The topological polar surface area (TPSA) is 59.6 Å². The smallest absolute Gasteiger partial charge is 0.252 e. The molecule has 1 aromatic carbocycles. The number of aromatic nitrogens is 1. The molecule has 1 aromatic heterocycles. The van der Waals surface area contributed by atoms with Crippen LogP contribution in [0.3, 0.4) is 0 Å². The first-order valence-corrected chi connectivity index (χ1v) is 7.73. The van der Waals surface area contributed by atoms with E-state index in [4.69, 9.17) is 0 Å². The van der Waals surface area contributed by atoms with Crippen LogP contribution in [0.1, 0.15) is 11.1 Å². The summed E-state index contributed by atoms with van der Waals surface area (Å²) in [7, 11) is 2.06. The fourth-order valence-electron chi connectivity index (χ4n) is 3.19. The molecule has 0 saturated carbocycles. The highest BCUT2D eigenvalue weighted by molar-refractivity contribution is 5.81. The number of nitrogens with zero attached hydrogens (tertiary/aromatic N) is 2. The number of aryl methyl sites for hydroxylation is 1. The van der Waals surface area contributed by atoms with Crippen molar-refractivity contribution in [1.82, 2.24) is 14.8 Å². The summed E-state index contributed by atoms with van der Waals surface area (Å²) in [5.74, 6) is 0. The lowest BCUT2D eigenvalue weighted by molar-refractivity contribution is 0.0456. The number of H-pyrrole nitrogens is 1. The SMILES string of the molecule is Cc1cccc2cc(CN3CCN(C)CC3CO)c(=O)[nH]c12. The van der Waals surface area contributed by atoms with Gasteiger partial charge in [-0.2, -0.15) is 0 Å². The minimum atomic E-state index is -0.0302. The molecule has 0 aliphatic carbocycles. The van der Waals surface area contributed by atoms with Gasteiger partial charge in [0, 0.05) is 37.8 Å². The fourth-order valence-corrected chi connectivity index (χ4v) is 3.19. The molecule has 0 spiro atoms. The largest absolute Gasteiger partial charge is 0.395 e. The normalized spacial score (nSPS) is 20.6. The number of para-hydroxylation sites is 1. The van der Waals surface area contributed by atoms with Crippen molar-refractivity contribution < 1.29 is 5.11 Å². The fraction of sp³-hybridized carbons (Fsp3) is 0.471. The van der Waals surface area contributed by atoms with E-state index in [1.54, 1.807) is 0 Å². The molecule has 1 unspecified atom stereocenters. The summed E-state index contributed by atoms with van der Waals surface area (Å²) in [6.45, 7) is 5.36. The van der Waals surface area contributed by atoms with E-state index in [0.29, 0.717) is 6.54 Å². The van der Waals surface area contributed by atoms with Gasteiger partial charge in [0.1, 0.15) is 0 Å². The third-order valence-electron chi connectivity index (χ3n) is 4.56. The zero-order valence-corrected chi connectivity index (χ0v) is 13.2. The number of piperazine rings is 1. The minimum absolute atomic E-state index is 0.0302. The highest BCUT2D eigenvalue weighted by Gasteiger charge is 2.25. The third-order valence-corrected chi connectivity index (χ3v) is 4.56. The summed E-state index contributed by atoms with van der Waals surface area (Å²) in [5, 5.41) is 10.6. The Kier molecular flexibility index (Phi) is 4.29. The number of hydrogen-bond acceptors (Lipinski definition) is 4. The lowest BCUT2D eigenvalue weighted by Crippen LogP contribution is -2.53. The molecule has 0 bridgehead atoms. The molecule has 1 fully saturated rings. The quantitative estimate of drug-likeness (QED) is 0.886.